The SMILES string of the molecule is CNC(=O)NC(=O)[C@@H](C)OC(=O)[C@@H](C(C)C)N1C(=O)c2ccccc2C1=O. The molecule has 0 bridgehead atoms. The number of carbonyl (C=O) groups excluding carboxylic acids is 5. The van der Waals surface area contributed by atoms with Crippen LogP contribution in [0, 0.1) is 5.92 Å². The summed E-state index contributed by atoms with van der Waals surface area (Å²) >= 11 is 0. The standard InChI is InChI=1S/C18H21N3O6/c1-9(2)13(17(25)27-10(3)14(22)20-18(26)19-4)21-15(23)11-7-5-6-8-12(11)16(21)24/h5-10,13H,1-4H3,(H2,19,20,22,26)/t10-,13-/m1/s1. The second-order valence-corrected chi connectivity index (χ2v) is 6.36. The Morgan fingerprint density at radius 3 is 1.96 bits per heavy atom. The molecule has 2 rings (SSSR count). The number of amides is 5. The molecule has 1 aromatic rings. The van der Waals surface area contributed by atoms with Gasteiger partial charge >= 0.3 is 12.0 Å². The lowest BCUT2D eigenvalue weighted by molar-refractivity contribution is -0.159. The fourth-order valence-corrected chi connectivity index (χ4v) is 2.71. The van der Waals surface area contributed by atoms with E-state index in [1.165, 1.54) is 26.1 Å². The fourth-order valence-electron chi connectivity index (χ4n) is 2.71. The van der Waals surface area contributed by atoms with Gasteiger partial charge in [0.1, 0.15) is 6.04 Å². The normalized spacial score (nSPS) is 15.2. The van der Waals surface area contributed by atoms with Crippen molar-refractivity contribution in [3.63, 3.8) is 0 Å². The van der Waals surface area contributed by atoms with Crippen molar-refractivity contribution in [3.8, 4) is 0 Å². The number of hydrogen-bond acceptors (Lipinski definition) is 6. The molecular weight excluding hydrogens is 354 g/mol. The van der Waals surface area contributed by atoms with Crippen molar-refractivity contribution < 1.29 is 28.7 Å². The van der Waals surface area contributed by atoms with E-state index < -0.39 is 47.8 Å². The summed E-state index contributed by atoms with van der Waals surface area (Å²) in [5.74, 6) is -3.36. The average molecular weight is 375 g/mol. The molecule has 0 fully saturated rings. The lowest BCUT2D eigenvalue weighted by Crippen LogP contribution is -2.51. The maximum atomic E-state index is 12.6. The first-order valence-electron chi connectivity index (χ1n) is 8.39. The average Bonchev–Trinajstić information content (AvgIpc) is 2.87. The van der Waals surface area contributed by atoms with Gasteiger partial charge in [0.2, 0.25) is 0 Å². The molecule has 9 heteroatoms. The van der Waals surface area contributed by atoms with Crippen LogP contribution in [-0.2, 0) is 14.3 Å². The molecule has 2 atom stereocenters. The number of esters is 1. The van der Waals surface area contributed by atoms with Gasteiger partial charge in [-0.3, -0.25) is 24.6 Å². The molecule has 1 aliphatic heterocycles. The predicted molar refractivity (Wildman–Crippen MR) is 93.7 cm³/mol. The summed E-state index contributed by atoms with van der Waals surface area (Å²) in [4.78, 5) is 61.8. The molecule has 0 radical (unpaired) electrons. The third-order valence-electron chi connectivity index (χ3n) is 4.10. The molecule has 0 aliphatic carbocycles. The minimum absolute atomic E-state index is 0.214. The molecule has 1 aliphatic rings. The van der Waals surface area contributed by atoms with Gasteiger partial charge in [0.05, 0.1) is 11.1 Å². The number of ether oxygens (including phenoxy) is 1. The lowest BCUT2D eigenvalue weighted by Gasteiger charge is -2.28. The minimum atomic E-state index is -1.29. The van der Waals surface area contributed by atoms with Crippen LogP contribution in [0.1, 0.15) is 41.5 Å². The first kappa shape index (κ1) is 20.1. The van der Waals surface area contributed by atoms with Gasteiger partial charge in [0, 0.05) is 7.05 Å². The highest BCUT2D eigenvalue weighted by atomic mass is 16.5. The van der Waals surface area contributed by atoms with Crippen LogP contribution in [0.15, 0.2) is 24.3 Å². The van der Waals surface area contributed by atoms with E-state index in [-0.39, 0.29) is 11.1 Å². The number of urea groups is 1. The third-order valence-corrected chi connectivity index (χ3v) is 4.10. The van der Waals surface area contributed by atoms with Crippen molar-refractivity contribution in [1.82, 2.24) is 15.5 Å². The van der Waals surface area contributed by atoms with E-state index in [0.717, 1.165) is 4.90 Å². The first-order chi connectivity index (χ1) is 12.7. The van der Waals surface area contributed by atoms with E-state index in [9.17, 15) is 24.0 Å². The number of carbonyl (C=O) groups is 5. The number of benzene rings is 1. The molecule has 9 nitrogen and oxygen atoms in total. The molecule has 144 valence electrons. The highest BCUT2D eigenvalue weighted by Gasteiger charge is 2.45. The number of nitrogens with zero attached hydrogens (tertiary/aromatic N) is 1. The van der Waals surface area contributed by atoms with Gasteiger partial charge in [-0.15, -0.1) is 0 Å². The number of hydrogen-bond donors (Lipinski definition) is 2. The van der Waals surface area contributed by atoms with E-state index in [0.29, 0.717) is 0 Å². The maximum Gasteiger partial charge on any atom is 0.330 e. The van der Waals surface area contributed by atoms with Crippen molar-refractivity contribution in [2.24, 2.45) is 5.92 Å². The minimum Gasteiger partial charge on any atom is -0.451 e. The summed E-state index contributed by atoms with van der Waals surface area (Å²) in [5, 5.41) is 4.19. The van der Waals surface area contributed by atoms with Crippen molar-refractivity contribution in [3.05, 3.63) is 35.4 Å². The van der Waals surface area contributed by atoms with Gasteiger partial charge in [0.15, 0.2) is 6.10 Å². The van der Waals surface area contributed by atoms with Crippen molar-refractivity contribution in [2.75, 3.05) is 7.05 Å². The smallest absolute Gasteiger partial charge is 0.330 e. The Kier molecular flexibility index (Phi) is 5.94. The van der Waals surface area contributed by atoms with Crippen LogP contribution in [0.4, 0.5) is 4.79 Å². The van der Waals surface area contributed by atoms with E-state index in [1.54, 1.807) is 26.0 Å². The monoisotopic (exact) mass is 375 g/mol. The van der Waals surface area contributed by atoms with Crippen molar-refractivity contribution >= 4 is 29.7 Å². The molecule has 5 amide bonds. The molecule has 1 aromatic carbocycles. The summed E-state index contributed by atoms with van der Waals surface area (Å²) in [5.41, 5.74) is 0.428. The summed E-state index contributed by atoms with van der Waals surface area (Å²) in [6.45, 7) is 4.60. The van der Waals surface area contributed by atoms with Crippen LogP contribution in [0.2, 0.25) is 0 Å². The van der Waals surface area contributed by atoms with Crippen molar-refractivity contribution in [2.45, 2.75) is 32.9 Å². The van der Waals surface area contributed by atoms with Gasteiger partial charge in [0.25, 0.3) is 17.7 Å². The maximum absolute atomic E-state index is 12.6. The highest BCUT2D eigenvalue weighted by molar-refractivity contribution is 6.22. The Hall–Kier alpha value is -3.23. The summed E-state index contributed by atoms with van der Waals surface area (Å²) in [7, 11) is 1.33. The zero-order valence-corrected chi connectivity index (χ0v) is 15.4. The fraction of sp³-hybridized carbons (Fsp3) is 0.389. The van der Waals surface area contributed by atoms with Crippen LogP contribution in [-0.4, -0.2) is 53.8 Å². The Bertz CT molecular complexity index is 769. The molecule has 1 heterocycles. The highest BCUT2D eigenvalue weighted by Crippen LogP contribution is 2.27. The third kappa shape index (κ3) is 3.97. The lowest BCUT2D eigenvalue weighted by atomic mass is 10.0. The second kappa shape index (κ2) is 7.98. The summed E-state index contributed by atoms with van der Waals surface area (Å²) in [6.07, 6.45) is -1.29. The summed E-state index contributed by atoms with van der Waals surface area (Å²) < 4.78 is 5.11. The number of nitrogens with one attached hydrogen (secondary N) is 2. The Balaban J connectivity index is 2.20. The van der Waals surface area contributed by atoms with Gasteiger partial charge < -0.3 is 10.1 Å². The quantitative estimate of drug-likeness (QED) is 0.577. The zero-order valence-electron chi connectivity index (χ0n) is 15.4. The van der Waals surface area contributed by atoms with E-state index in [1.807, 2.05) is 5.32 Å². The van der Waals surface area contributed by atoms with E-state index in [4.69, 9.17) is 4.74 Å². The number of rotatable bonds is 5. The molecule has 2 N–H and O–H groups in total. The Morgan fingerprint density at radius 2 is 1.52 bits per heavy atom. The molecule has 0 spiro atoms. The summed E-state index contributed by atoms with van der Waals surface area (Å²) in [6, 6.07) is 4.33. The van der Waals surface area contributed by atoms with Crippen LogP contribution in [0.3, 0.4) is 0 Å². The predicted octanol–water partition coefficient (Wildman–Crippen LogP) is 0.694. The molecular formula is C18H21N3O6. The van der Waals surface area contributed by atoms with Gasteiger partial charge in [-0.2, -0.15) is 0 Å². The molecule has 0 aromatic heterocycles. The first-order valence-corrected chi connectivity index (χ1v) is 8.39. The topological polar surface area (TPSA) is 122 Å². The Morgan fingerprint density at radius 1 is 1.00 bits per heavy atom. The number of imide groups is 2. The zero-order chi connectivity index (χ0) is 20.3. The molecule has 0 unspecified atom stereocenters. The van der Waals surface area contributed by atoms with Gasteiger partial charge in [-0.05, 0) is 25.0 Å². The molecule has 27 heavy (non-hydrogen) atoms. The molecule has 0 saturated carbocycles. The van der Waals surface area contributed by atoms with Gasteiger partial charge in [-0.25, -0.2) is 9.59 Å². The number of fused-ring (bicyclic) bond motifs is 1. The van der Waals surface area contributed by atoms with Crippen molar-refractivity contribution in [1.29, 1.82) is 0 Å². The van der Waals surface area contributed by atoms with Crippen LogP contribution in [0.5, 0.6) is 0 Å². The van der Waals surface area contributed by atoms with Gasteiger partial charge in [-0.1, -0.05) is 26.0 Å². The van der Waals surface area contributed by atoms with Crippen LogP contribution in [0.25, 0.3) is 0 Å². The van der Waals surface area contributed by atoms with E-state index in [2.05, 4.69) is 5.32 Å². The van der Waals surface area contributed by atoms with Crippen LogP contribution >= 0.6 is 0 Å². The largest absolute Gasteiger partial charge is 0.451 e. The molecule has 0 saturated heterocycles. The van der Waals surface area contributed by atoms with Crippen LogP contribution < -0.4 is 10.6 Å². The Labute approximate surface area is 156 Å². The van der Waals surface area contributed by atoms with E-state index >= 15 is 0 Å². The second-order valence-electron chi connectivity index (χ2n) is 6.36.